The number of aromatic nitrogens is 1. The number of fused-ring (bicyclic) bond motifs is 1. The predicted molar refractivity (Wildman–Crippen MR) is 85.0 cm³/mol. The number of carbonyl (C=O) groups is 1. The molecular weight excluding hydrogens is 337 g/mol. The molecule has 1 aromatic carbocycles. The van der Waals surface area contributed by atoms with E-state index < -0.39 is 23.9 Å². The lowest BCUT2D eigenvalue weighted by atomic mass is 9.85. The normalized spacial score (nSPS) is 21.4. The number of hydrogen-bond donors (Lipinski definition) is 1. The number of hydrogen-bond acceptors (Lipinski definition) is 3. The first-order valence-electron chi connectivity index (χ1n) is 8.29. The highest BCUT2D eigenvalue weighted by Gasteiger charge is 2.42. The number of oxazole rings is 1. The first-order valence-corrected chi connectivity index (χ1v) is 8.29. The molecule has 3 rings (SSSR count). The molecule has 1 aromatic heterocycles. The maximum absolute atomic E-state index is 12.8. The molecular formula is C17H19F3N2O3. The Morgan fingerprint density at radius 1 is 1.28 bits per heavy atom. The van der Waals surface area contributed by atoms with Crippen molar-refractivity contribution in [2.75, 3.05) is 0 Å². The topological polar surface area (TPSA) is 64.2 Å². The van der Waals surface area contributed by atoms with Crippen LogP contribution in [0.3, 0.4) is 0 Å². The molecule has 0 saturated heterocycles. The van der Waals surface area contributed by atoms with Crippen LogP contribution >= 0.6 is 0 Å². The Balaban J connectivity index is 1.58. The highest BCUT2D eigenvalue weighted by molar-refractivity contribution is 5.77. The van der Waals surface area contributed by atoms with E-state index in [0.717, 1.165) is 0 Å². The van der Waals surface area contributed by atoms with Crippen LogP contribution in [0.15, 0.2) is 33.5 Å². The summed E-state index contributed by atoms with van der Waals surface area (Å²) in [5.74, 6) is -2.26. The van der Waals surface area contributed by atoms with Gasteiger partial charge in [-0.05, 0) is 31.4 Å². The fourth-order valence-electron chi connectivity index (χ4n) is 3.36. The molecule has 1 N–H and O–H groups in total. The molecule has 5 nitrogen and oxygen atoms in total. The molecule has 0 radical (unpaired) electrons. The van der Waals surface area contributed by atoms with Gasteiger partial charge in [-0.15, -0.1) is 0 Å². The minimum Gasteiger partial charge on any atom is -0.408 e. The van der Waals surface area contributed by atoms with Crippen molar-refractivity contribution in [3.63, 3.8) is 0 Å². The molecule has 1 fully saturated rings. The lowest BCUT2D eigenvalue weighted by Crippen LogP contribution is -2.41. The van der Waals surface area contributed by atoms with Crippen LogP contribution in [0, 0.1) is 5.92 Å². The fraction of sp³-hybridized carbons (Fsp3) is 0.529. The second-order valence-electron chi connectivity index (χ2n) is 6.41. The highest BCUT2D eigenvalue weighted by atomic mass is 19.4. The number of carbonyl (C=O) groups excluding carboxylic acids is 1. The second-order valence-corrected chi connectivity index (χ2v) is 6.41. The zero-order valence-corrected chi connectivity index (χ0v) is 13.5. The van der Waals surface area contributed by atoms with Crippen molar-refractivity contribution in [3.8, 4) is 0 Å². The number of amides is 1. The van der Waals surface area contributed by atoms with Crippen LogP contribution in [-0.4, -0.2) is 22.7 Å². The second kappa shape index (κ2) is 6.93. The third kappa shape index (κ3) is 4.05. The molecule has 0 bridgehead atoms. The van der Waals surface area contributed by atoms with Gasteiger partial charge < -0.3 is 9.73 Å². The van der Waals surface area contributed by atoms with Gasteiger partial charge in [0.2, 0.25) is 5.91 Å². The van der Waals surface area contributed by atoms with Gasteiger partial charge >= 0.3 is 11.9 Å². The molecule has 25 heavy (non-hydrogen) atoms. The Morgan fingerprint density at radius 2 is 2.04 bits per heavy atom. The molecule has 1 amide bonds. The van der Waals surface area contributed by atoms with Crippen molar-refractivity contribution in [3.05, 3.63) is 34.8 Å². The fourth-order valence-corrected chi connectivity index (χ4v) is 3.36. The van der Waals surface area contributed by atoms with Gasteiger partial charge in [0.25, 0.3) is 0 Å². The van der Waals surface area contributed by atoms with E-state index >= 15 is 0 Å². The summed E-state index contributed by atoms with van der Waals surface area (Å²) < 4.78 is 44.9. The van der Waals surface area contributed by atoms with Crippen LogP contribution in [0.1, 0.15) is 32.1 Å². The number of aryl methyl sites for hydroxylation is 1. The molecule has 2 aromatic rings. The van der Waals surface area contributed by atoms with Crippen LogP contribution in [-0.2, 0) is 11.3 Å². The summed E-state index contributed by atoms with van der Waals surface area (Å²) in [5, 5.41) is 2.67. The van der Waals surface area contributed by atoms with Crippen molar-refractivity contribution in [2.24, 2.45) is 5.92 Å². The molecule has 8 heteroatoms. The molecule has 1 aliphatic carbocycles. The Morgan fingerprint density at radius 3 is 2.80 bits per heavy atom. The lowest BCUT2D eigenvalue weighted by molar-refractivity contribution is -0.184. The molecule has 136 valence electrons. The first-order chi connectivity index (χ1) is 11.8. The molecule has 2 atom stereocenters. The van der Waals surface area contributed by atoms with Crippen LogP contribution in [0.5, 0.6) is 0 Å². The average Bonchev–Trinajstić information content (AvgIpc) is 2.87. The number of rotatable bonds is 4. The molecule has 2 unspecified atom stereocenters. The van der Waals surface area contributed by atoms with Gasteiger partial charge in [0.1, 0.15) is 0 Å². The number of alkyl halides is 3. The average molecular weight is 356 g/mol. The Labute approximate surface area is 141 Å². The van der Waals surface area contributed by atoms with Gasteiger partial charge in [0.05, 0.1) is 11.4 Å². The van der Waals surface area contributed by atoms with E-state index in [-0.39, 0.29) is 31.7 Å². The molecule has 1 aliphatic rings. The van der Waals surface area contributed by atoms with E-state index in [4.69, 9.17) is 4.42 Å². The van der Waals surface area contributed by atoms with Crippen LogP contribution in [0.25, 0.3) is 11.1 Å². The Bertz CT molecular complexity index is 809. The number of para-hydroxylation sites is 2. The van der Waals surface area contributed by atoms with Crippen molar-refractivity contribution in [2.45, 2.75) is 50.9 Å². The minimum atomic E-state index is -4.22. The third-order valence-corrected chi connectivity index (χ3v) is 4.64. The van der Waals surface area contributed by atoms with Crippen molar-refractivity contribution < 1.29 is 22.4 Å². The van der Waals surface area contributed by atoms with E-state index in [0.29, 0.717) is 23.9 Å². The number of nitrogens with one attached hydrogen (secondary N) is 1. The van der Waals surface area contributed by atoms with Crippen LogP contribution < -0.4 is 11.1 Å². The van der Waals surface area contributed by atoms with Crippen LogP contribution in [0.2, 0.25) is 0 Å². The van der Waals surface area contributed by atoms with E-state index in [1.165, 1.54) is 4.57 Å². The van der Waals surface area contributed by atoms with Gasteiger partial charge in [-0.25, -0.2) is 4.79 Å². The van der Waals surface area contributed by atoms with E-state index in [1.54, 1.807) is 24.3 Å². The summed E-state index contributed by atoms with van der Waals surface area (Å²) in [6, 6.07) is 6.40. The number of nitrogens with zero attached hydrogens (tertiary/aromatic N) is 1. The summed E-state index contributed by atoms with van der Waals surface area (Å²) in [6.45, 7) is 0.122. The highest BCUT2D eigenvalue weighted by Crippen LogP contribution is 2.37. The third-order valence-electron chi connectivity index (χ3n) is 4.64. The van der Waals surface area contributed by atoms with Crippen molar-refractivity contribution in [1.82, 2.24) is 9.88 Å². The Kier molecular flexibility index (Phi) is 4.87. The first kappa shape index (κ1) is 17.6. The van der Waals surface area contributed by atoms with Gasteiger partial charge in [-0.3, -0.25) is 9.36 Å². The smallest absolute Gasteiger partial charge is 0.408 e. The zero-order valence-electron chi connectivity index (χ0n) is 13.5. The van der Waals surface area contributed by atoms with E-state index in [1.807, 2.05) is 0 Å². The Hall–Kier alpha value is -2.25. The summed E-state index contributed by atoms with van der Waals surface area (Å²) in [4.78, 5) is 23.9. The molecule has 0 spiro atoms. The van der Waals surface area contributed by atoms with Gasteiger partial charge in [0, 0.05) is 19.0 Å². The summed E-state index contributed by atoms with van der Waals surface area (Å²) >= 11 is 0. The van der Waals surface area contributed by atoms with Gasteiger partial charge in [0.15, 0.2) is 5.58 Å². The van der Waals surface area contributed by atoms with E-state index in [2.05, 4.69) is 5.32 Å². The molecule has 1 heterocycles. The lowest BCUT2D eigenvalue weighted by Gasteiger charge is -2.31. The van der Waals surface area contributed by atoms with Crippen molar-refractivity contribution in [1.29, 1.82) is 0 Å². The summed E-state index contributed by atoms with van der Waals surface area (Å²) in [5.41, 5.74) is 1.03. The van der Waals surface area contributed by atoms with Crippen molar-refractivity contribution >= 4 is 17.0 Å². The van der Waals surface area contributed by atoms with Crippen LogP contribution in [0.4, 0.5) is 13.2 Å². The van der Waals surface area contributed by atoms with Gasteiger partial charge in [-0.2, -0.15) is 13.2 Å². The number of halogens is 3. The van der Waals surface area contributed by atoms with E-state index in [9.17, 15) is 22.8 Å². The number of benzene rings is 1. The maximum atomic E-state index is 12.8. The zero-order chi connectivity index (χ0) is 18.0. The molecule has 1 saturated carbocycles. The predicted octanol–water partition coefficient (Wildman–Crippen LogP) is 3.22. The summed E-state index contributed by atoms with van der Waals surface area (Å²) in [7, 11) is 0. The largest absolute Gasteiger partial charge is 0.419 e. The standard InChI is InChI=1S/C17H19F3N2O3/c18-17(19,20)11-4-3-5-12(10-11)21-15(23)8-9-22-13-6-1-2-7-14(13)25-16(22)24/h1-2,6-7,11-12H,3-5,8-10H2,(H,21,23). The monoisotopic (exact) mass is 356 g/mol. The quantitative estimate of drug-likeness (QED) is 0.915. The molecule has 0 aliphatic heterocycles. The summed E-state index contributed by atoms with van der Waals surface area (Å²) in [6.07, 6.45) is -3.17. The SMILES string of the molecule is O=C(CCn1c(=O)oc2ccccc21)NC1CCCC(C(F)(F)F)C1. The maximum Gasteiger partial charge on any atom is 0.419 e. The minimum absolute atomic E-state index is 0.0105. The van der Waals surface area contributed by atoms with Gasteiger partial charge in [-0.1, -0.05) is 18.6 Å².